The standard InChI is InChI=1S/C15H13ClFNO2/c16-13-3-1-2-12(14(13)17)15(20)18-11-6-4-10(5-7-11)8-9-19/h1-7,19H,8-9H2,(H,18,20). The molecule has 0 aliphatic rings. The van der Waals surface area contributed by atoms with Crippen molar-refractivity contribution in [2.24, 2.45) is 0 Å². The lowest BCUT2D eigenvalue weighted by atomic mass is 10.1. The van der Waals surface area contributed by atoms with Crippen molar-refractivity contribution in [3.63, 3.8) is 0 Å². The maximum Gasteiger partial charge on any atom is 0.258 e. The molecule has 2 rings (SSSR count). The third-order valence-corrected chi connectivity index (χ3v) is 3.10. The lowest BCUT2D eigenvalue weighted by Gasteiger charge is -2.07. The highest BCUT2D eigenvalue weighted by Crippen LogP contribution is 2.19. The van der Waals surface area contributed by atoms with Gasteiger partial charge >= 0.3 is 0 Å². The van der Waals surface area contributed by atoms with Crippen LogP contribution in [0.5, 0.6) is 0 Å². The highest BCUT2D eigenvalue weighted by atomic mass is 35.5. The number of amides is 1. The number of rotatable bonds is 4. The molecule has 20 heavy (non-hydrogen) atoms. The van der Waals surface area contributed by atoms with Crippen LogP contribution >= 0.6 is 11.6 Å². The minimum absolute atomic E-state index is 0.0689. The van der Waals surface area contributed by atoms with E-state index >= 15 is 0 Å². The summed E-state index contributed by atoms with van der Waals surface area (Å²) >= 11 is 5.64. The molecule has 2 aromatic carbocycles. The Morgan fingerprint density at radius 1 is 1.20 bits per heavy atom. The van der Waals surface area contributed by atoms with Gasteiger partial charge in [0.1, 0.15) is 0 Å². The smallest absolute Gasteiger partial charge is 0.258 e. The van der Waals surface area contributed by atoms with E-state index in [0.717, 1.165) is 5.56 Å². The van der Waals surface area contributed by atoms with Gasteiger partial charge in [-0.25, -0.2) is 4.39 Å². The molecule has 0 radical (unpaired) electrons. The molecule has 3 nitrogen and oxygen atoms in total. The fourth-order valence-corrected chi connectivity index (χ4v) is 1.94. The Hall–Kier alpha value is -1.91. The quantitative estimate of drug-likeness (QED) is 0.909. The second-order valence-electron chi connectivity index (χ2n) is 4.23. The molecule has 0 aliphatic heterocycles. The van der Waals surface area contributed by atoms with E-state index in [9.17, 15) is 9.18 Å². The summed E-state index contributed by atoms with van der Waals surface area (Å²) in [7, 11) is 0. The SMILES string of the molecule is O=C(Nc1ccc(CCO)cc1)c1cccc(Cl)c1F. The second kappa shape index (κ2) is 6.50. The highest BCUT2D eigenvalue weighted by molar-refractivity contribution is 6.31. The molecule has 0 heterocycles. The molecule has 1 amide bonds. The van der Waals surface area contributed by atoms with Gasteiger partial charge in [0, 0.05) is 12.3 Å². The fraction of sp³-hybridized carbons (Fsp3) is 0.133. The van der Waals surface area contributed by atoms with Crippen molar-refractivity contribution in [1.82, 2.24) is 0 Å². The van der Waals surface area contributed by atoms with Crippen LogP contribution in [-0.4, -0.2) is 17.6 Å². The van der Waals surface area contributed by atoms with Crippen molar-refractivity contribution in [3.05, 3.63) is 64.4 Å². The molecule has 0 spiro atoms. The number of hydrogen-bond acceptors (Lipinski definition) is 2. The number of aliphatic hydroxyl groups is 1. The molecule has 0 saturated heterocycles. The molecule has 0 atom stereocenters. The van der Waals surface area contributed by atoms with Gasteiger partial charge in [-0.2, -0.15) is 0 Å². The van der Waals surface area contributed by atoms with Gasteiger partial charge in [-0.15, -0.1) is 0 Å². The number of anilines is 1. The number of nitrogens with one attached hydrogen (secondary N) is 1. The van der Waals surface area contributed by atoms with Crippen molar-refractivity contribution in [1.29, 1.82) is 0 Å². The maximum absolute atomic E-state index is 13.7. The Morgan fingerprint density at radius 2 is 1.90 bits per heavy atom. The molecular weight excluding hydrogens is 281 g/mol. The van der Waals surface area contributed by atoms with E-state index in [0.29, 0.717) is 12.1 Å². The van der Waals surface area contributed by atoms with Gasteiger partial charge in [0.25, 0.3) is 5.91 Å². The van der Waals surface area contributed by atoms with Crippen molar-refractivity contribution < 1.29 is 14.3 Å². The molecule has 0 saturated carbocycles. The van der Waals surface area contributed by atoms with Crippen LogP contribution in [-0.2, 0) is 6.42 Å². The van der Waals surface area contributed by atoms with Crippen LogP contribution in [0.4, 0.5) is 10.1 Å². The van der Waals surface area contributed by atoms with Gasteiger partial charge in [-0.05, 0) is 36.2 Å². The predicted octanol–water partition coefficient (Wildman–Crippen LogP) is 3.27. The molecule has 0 unspecified atom stereocenters. The van der Waals surface area contributed by atoms with Crippen LogP contribution in [0.2, 0.25) is 5.02 Å². The number of benzene rings is 2. The van der Waals surface area contributed by atoms with E-state index in [-0.39, 0.29) is 17.2 Å². The average Bonchev–Trinajstić information content (AvgIpc) is 2.44. The van der Waals surface area contributed by atoms with Crippen molar-refractivity contribution in [2.45, 2.75) is 6.42 Å². The van der Waals surface area contributed by atoms with Crippen LogP contribution < -0.4 is 5.32 Å². The van der Waals surface area contributed by atoms with Crippen molar-refractivity contribution in [2.75, 3.05) is 11.9 Å². The highest BCUT2D eigenvalue weighted by Gasteiger charge is 2.14. The fourth-order valence-electron chi connectivity index (χ4n) is 1.76. The number of aliphatic hydroxyl groups excluding tert-OH is 1. The van der Waals surface area contributed by atoms with E-state index in [1.165, 1.54) is 18.2 Å². The molecule has 0 aliphatic carbocycles. The Bertz CT molecular complexity index is 614. The summed E-state index contributed by atoms with van der Waals surface area (Å²) in [5.74, 6) is -1.29. The first-order chi connectivity index (χ1) is 9.61. The Kier molecular flexibility index (Phi) is 4.71. The first-order valence-corrected chi connectivity index (χ1v) is 6.45. The summed E-state index contributed by atoms with van der Waals surface area (Å²) < 4.78 is 13.7. The number of halogens is 2. The zero-order valence-electron chi connectivity index (χ0n) is 10.6. The molecule has 2 aromatic rings. The van der Waals surface area contributed by atoms with E-state index in [1.807, 2.05) is 0 Å². The van der Waals surface area contributed by atoms with Crippen LogP contribution in [0.3, 0.4) is 0 Å². The lowest BCUT2D eigenvalue weighted by molar-refractivity contribution is 0.102. The Labute approximate surface area is 121 Å². The zero-order valence-corrected chi connectivity index (χ0v) is 11.3. The summed E-state index contributed by atoms with van der Waals surface area (Å²) in [4.78, 5) is 11.9. The van der Waals surface area contributed by atoms with Crippen LogP contribution in [0.15, 0.2) is 42.5 Å². The van der Waals surface area contributed by atoms with Crippen LogP contribution in [0, 0.1) is 5.82 Å². The third-order valence-electron chi connectivity index (χ3n) is 2.81. The Balaban J connectivity index is 2.13. The summed E-state index contributed by atoms with van der Waals surface area (Å²) in [6.45, 7) is 0.0689. The zero-order chi connectivity index (χ0) is 14.5. The van der Waals surface area contributed by atoms with Gasteiger partial charge in [-0.3, -0.25) is 4.79 Å². The largest absolute Gasteiger partial charge is 0.396 e. The van der Waals surface area contributed by atoms with Crippen LogP contribution in [0.1, 0.15) is 15.9 Å². The van der Waals surface area contributed by atoms with Crippen molar-refractivity contribution >= 4 is 23.2 Å². The number of hydrogen-bond donors (Lipinski definition) is 2. The summed E-state index contributed by atoms with van der Waals surface area (Å²) in [6.07, 6.45) is 0.553. The van der Waals surface area contributed by atoms with E-state index in [4.69, 9.17) is 16.7 Å². The first-order valence-electron chi connectivity index (χ1n) is 6.07. The third kappa shape index (κ3) is 3.35. The van der Waals surface area contributed by atoms with Crippen molar-refractivity contribution in [3.8, 4) is 0 Å². The lowest BCUT2D eigenvalue weighted by Crippen LogP contribution is -2.13. The molecule has 2 N–H and O–H groups in total. The molecule has 104 valence electrons. The first kappa shape index (κ1) is 14.5. The van der Waals surface area contributed by atoms with E-state index in [2.05, 4.69) is 5.32 Å². The number of carbonyl (C=O) groups excluding carboxylic acids is 1. The van der Waals surface area contributed by atoms with Gasteiger partial charge in [0.2, 0.25) is 0 Å². The summed E-state index contributed by atoms with van der Waals surface area (Å²) in [6, 6.07) is 11.3. The molecule has 0 bridgehead atoms. The minimum atomic E-state index is -0.733. The van der Waals surface area contributed by atoms with Gasteiger partial charge in [-0.1, -0.05) is 29.8 Å². The van der Waals surface area contributed by atoms with Gasteiger partial charge < -0.3 is 10.4 Å². The van der Waals surface area contributed by atoms with E-state index < -0.39 is 11.7 Å². The predicted molar refractivity (Wildman–Crippen MR) is 76.6 cm³/mol. The van der Waals surface area contributed by atoms with E-state index in [1.54, 1.807) is 24.3 Å². The molecule has 5 heteroatoms. The molecule has 0 fully saturated rings. The monoisotopic (exact) mass is 293 g/mol. The summed E-state index contributed by atoms with van der Waals surface area (Å²) in [5.41, 5.74) is 1.41. The number of carbonyl (C=O) groups is 1. The van der Waals surface area contributed by atoms with Crippen LogP contribution in [0.25, 0.3) is 0 Å². The normalized spacial score (nSPS) is 10.3. The molecule has 0 aromatic heterocycles. The Morgan fingerprint density at radius 3 is 2.55 bits per heavy atom. The topological polar surface area (TPSA) is 49.3 Å². The van der Waals surface area contributed by atoms with Gasteiger partial charge in [0.15, 0.2) is 5.82 Å². The summed E-state index contributed by atoms with van der Waals surface area (Å²) in [5, 5.41) is 11.3. The average molecular weight is 294 g/mol. The minimum Gasteiger partial charge on any atom is -0.396 e. The second-order valence-corrected chi connectivity index (χ2v) is 4.63. The molecular formula is C15H13ClFNO2. The van der Waals surface area contributed by atoms with Gasteiger partial charge in [0.05, 0.1) is 10.6 Å². The maximum atomic E-state index is 13.7.